The molecule has 0 aliphatic heterocycles. The van der Waals surface area contributed by atoms with Crippen LogP contribution in [0, 0.1) is 0 Å². The highest BCUT2D eigenvalue weighted by Crippen LogP contribution is 2.44. The van der Waals surface area contributed by atoms with Gasteiger partial charge in [0.05, 0.1) is 41.9 Å². The van der Waals surface area contributed by atoms with Crippen molar-refractivity contribution in [3.63, 3.8) is 0 Å². The lowest BCUT2D eigenvalue weighted by atomic mass is 10.0. The molecule has 2 N–H and O–H groups in total. The second-order valence-corrected chi connectivity index (χ2v) is 9.50. The number of hydrazone groups is 1. The Labute approximate surface area is 245 Å². The summed E-state index contributed by atoms with van der Waals surface area (Å²) in [6.45, 7) is 0. The van der Waals surface area contributed by atoms with E-state index in [1.54, 1.807) is 79.9 Å². The monoisotopic (exact) mass is 587 g/mol. The predicted octanol–water partition coefficient (Wildman–Crippen LogP) is 7.14. The summed E-state index contributed by atoms with van der Waals surface area (Å²) in [5, 5.41) is 5.49. The summed E-state index contributed by atoms with van der Waals surface area (Å²) in [5.74, 6) is 0.134. The van der Waals surface area contributed by atoms with Gasteiger partial charge in [-0.05, 0) is 42.5 Å². The predicted molar refractivity (Wildman–Crippen MR) is 160 cm³/mol. The highest BCUT2D eigenvalue weighted by Gasteiger charge is 2.25. The van der Waals surface area contributed by atoms with Crippen molar-refractivity contribution in [2.45, 2.75) is 0 Å². The SMILES string of the molecule is COc1ccc(OC)c2c(-c3ccccc3Cl)c(C(=O)NN=Cc3ccccc3OC(=O)c3ccccc3Cl)[nH]c12. The highest BCUT2D eigenvalue weighted by molar-refractivity contribution is 6.34. The zero-order valence-electron chi connectivity index (χ0n) is 21.9. The van der Waals surface area contributed by atoms with E-state index in [4.69, 9.17) is 37.4 Å². The molecule has 4 aromatic carbocycles. The molecule has 206 valence electrons. The quantitative estimate of drug-likeness (QED) is 0.0869. The Hall–Kier alpha value is -4.79. The summed E-state index contributed by atoms with van der Waals surface area (Å²) in [5.41, 5.74) is 5.15. The molecule has 0 saturated heterocycles. The molecule has 0 unspecified atom stereocenters. The fourth-order valence-electron chi connectivity index (χ4n) is 4.37. The molecule has 1 aromatic heterocycles. The van der Waals surface area contributed by atoms with Crippen LogP contribution in [-0.2, 0) is 0 Å². The summed E-state index contributed by atoms with van der Waals surface area (Å²) >= 11 is 12.7. The van der Waals surface area contributed by atoms with Crippen molar-refractivity contribution in [3.05, 3.63) is 112 Å². The number of rotatable bonds is 8. The molecule has 0 aliphatic rings. The van der Waals surface area contributed by atoms with Crippen LogP contribution in [0.1, 0.15) is 26.4 Å². The van der Waals surface area contributed by atoms with Crippen LogP contribution in [-0.4, -0.2) is 37.3 Å². The fraction of sp³-hybridized carbons (Fsp3) is 0.0645. The molecule has 8 nitrogen and oxygen atoms in total. The van der Waals surface area contributed by atoms with Gasteiger partial charge in [-0.1, -0.05) is 65.7 Å². The van der Waals surface area contributed by atoms with Crippen molar-refractivity contribution in [1.29, 1.82) is 0 Å². The Morgan fingerprint density at radius 3 is 2.20 bits per heavy atom. The molecule has 41 heavy (non-hydrogen) atoms. The number of nitrogens with zero attached hydrogens (tertiary/aromatic N) is 1. The second-order valence-electron chi connectivity index (χ2n) is 8.68. The van der Waals surface area contributed by atoms with Crippen LogP contribution in [0.15, 0.2) is 90.0 Å². The van der Waals surface area contributed by atoms with Gasteiger partial charge in [0.25, 0.3) is 5.91 Å². The minimum absolute atomic E-state index is 0.200. The number of fused-ring (bicyclic) bond motifs is 1. The third-order valence-electron chi connectivity index (χ3n) is 6.27. The van der Waals surface area contributed by atoms with E-state index in [0.717, 1.165) is 0 Å². The van der Waals surface area contributed by atoms with Gasteiger partial charge in [-0.2, -0.15) is 5.10 Å². The molecule has 0 aliphatic carbocycles. The minimum atomic E-state index is -0.620. The summed E-state index contributed by atoms with van der Waals surface area (Å²) in [6, 6.07) is 24.1. The minimum Gasteiger partial charge on any atom is -0.496 e. The maximum atomic E-state index is 13.5. The molecule has 0 radical (unpaired) electrons. The lowest BCUT2D eigenvalue weighted by Gasteiger charge is -2.10. The molecular weight excluding hydrogens is 565 g/mol. The van der Waals surface area contributed by atoms with E-state index < -0.39 is 11.9 Å². The van der Waals surface area contributed by atoms with Crippen LogP contribution < -0.4 is 19.6 Å². The van der Waals surface area contributed by atoms with E-state index in [1.165, 1.54) is 13.3 Å². The topological polar surface area (TPSA) is 102 Å². The molecule has 10 heteroatoms. The Balaban J connectivity index is 1.48. The molecule has 5 rings (SSSR count). The summed E-state index contributed by atoms with van der Waals surface area (Å²) < 4.78 is 16.7. The molecule has 0 spiro atoms. The number of halogens is 2. The molecule has 0 bridgehead atoms. The first-order valence-electron chi connectivity index (χ1n) is 12.3. The number of hydrogen-bond acceptors (Lipinski definition) is 6. The number of aromatic nitrogens is 1. The van der Waals surface area contributed by atoms with Crippen LogP contribution in [0.25, 0.3) is 22.0 Å². The largest absolute Gasteiger partial charge is 0.496 e. The molecular formula is C31H23Cl2N3O5. The molecule has 1 heterocycles. The number of ether oxygens (including phenoxy) is 3. The van der Waals surface area contributed by atoms with Crippen molar-refractivity contribution < 1.29 is 23.8 Å². The highest BCUT2D eigenvalue weighted by atomic mass is 35.5. The zero-order valence-corrected chi connectivity index (χ0v) is 23.4. The van der Waals surface area contributed by atoms with Crippen molar-refractivity contribution in [1.82, 2.24) is 10.4 Å². The second kappa shape index (κ2) is 12.2. The lowest BCUT2D eigenvalue weighted by molar-refractivity contribution is 0.0734. The van der Waals surface area contributed by atoms with Gasteiger partial charge in [0.1, 0.15) is 22.9 Å². The standard InChI is InChI=1S/C31H23Cl2N3O5/c1-39-24-15-16-25(40-2)28-27(24)26(19-10-4-6-12-21(19)32)29(35-28)30(37)36-34-17-18-9-3-8-14-23(18)41-31(38)20-11-5-7-13-22(20)33/h3-17,35H,1-2H3,(H,36,37). The van der Waals surface area contributed by atoms with E-state index in [2.05, 4.69) is 15.5 Å². The van der Waals surface area contributed by atoms with Gasteiger partial charge < -0.3 is 19.2 Å². The van der Waals surface area contributed by atoms with Gasteiger partial charge in [-0.3, -0.25) is 4.79 Å². The van der Waals surface area contributed by atoms with Crippen molar-refractivity contribution in [2.24, 2.45) is 5.10 Å². The maximum Gasteiger partial charge on any atom is 0.345 e. The van der Waals surface area contributed by atoms with Gasteiger partial charge in [0.2, 0.25) is 0 Å². The van der Waals surface area contributed by atoms with E-state index in [9.17, 15) is 9.59 Å². The first kappa shape index (κ1) is 27.8. The smallest absolute Gasteiger partial charge is 0.345 e. The van der Waals surface area contributed by atoms with Crippen LogP contribution in [0.4, 0.5) is 0 Å². The first-order valence-corrected chi connectivity index (χ1v) is 13.1. The first-order chi connectivity index (χ1) is 19.9. The number of esters is 1. The van der Waals surface area contributed by atoms with Gasteiger partial charge in [-0.15, -0.1) is 0 Å². The molecule has 1 amide bonds. The fourth-order valence-corrected chi connectivity index (χ4v) is 4.81. The summed E-state index contributed by atoms with van der Waals surface area (Å²) in [7, 11) is 3.09. The average Bonchev–Trinajstić information content (AvgIpc) is 3.38. The average molecular weight is 588 g/mol. The van der Waals surface area contributed by atoms with Crippen LogP contribution in [0.5, 0.6) is 17.2 Å². The van der Waals surface area contributed by atoms with Crippen LogP contribution >= 0.6 is 23.2 Å². The Morgan fingerprint density at radius 2 is 1.46 bits per heavy atom. The van der Waals surface area contributed by atoms with Crippen LogP contribution in [0.2, 0.25) is 10.0 Å². The summed E-state index contributed by atoms with van der Waals surface area (Å²) in [6.07, 6.45) is 1.38. The zero-order chi connectivity index (χ0) is 28.9. The van der Waals surface area contributed by atoms with E-state index in [-0.39, 0.29) is 22.0 Å². The number of carbonyl (C=O) groups is 2. The number of carbonyl (C=O) groups excluding carboxylic acids is 2. The van der Waals surface area contributed by atoms with Gasteiger partial charge in [-0.25, -0.2) is 10.2 Å². The summed E-state index contributed by atoms with van der Waals surface area (Å²) in [4.78, 5) is 29.4. The molecule has 5 aromatic rings. The normalized spacial score (nSPS) is 11.0. The third-order valence-corrected chi connectivity index (χ3v) is 6.93. The number of benzene rings is 4. The van der Waals surface area contributed by atoms with Gasteiger partial charge in [0.15, 0.2) is 0 Å². The van der Waals surface area contributed by atoms with Crippen LogP contribution in [0.3, 0.4) is 0 Å². The number of para-hydroxylation sites is 1. The molecule has 0 saturated carbocycles. The number of methoxy groups -OCH3 is 2. The lowest BCUT2D eigenvalue weighted by Crippen LogP contribution is -2.19. The number of aromatic amines is 1. The van der Waals surface area contributed by atoms with Crippen molar-refractivity contribution >= 4 is 52.2 Å². The third kappa shape index (κ3) is 5.61. The van der Waals surface area contributed by atoms with Gasteiger partial charge >= 0.3 is 5.97 Å². The Kier molecular flexibility index (Phi) is 8.24. The number of H-pyrrole nitrogens is 1. The number of nitrogens with one attached hydrogen (secondary N) is 2. The molecule has 0 fully saturated rings. The van der Waals surface area contributed by atoms with E-state index in [0.29, 0.717) is 44.1 Å². The van der Waals surface area contributed by atoms with Gasteiger partial charge in [0, 0.05) is 21.7 Å². The van der Waals surface area contributed by atoms with E-state index >= 15 is 0 Å². The maximum absolute atomic E-state index is 13.5. The number of hydrogen-bond donors (Lipinski definition) is 2. The Morgan fingerprint density at radius 1 is 0.805 bits per heavy atom. The van der Waals surface area contributed by atoms with E-state index in [1.807, 2.05) is 12.1 Å². The molecule has 0 atom stereocenters. The van der Waals surface area contributed by atoms with Crippen molar-refractivity contribution in [2.75, 3.05) is 14.2 Å². The number of amides is 1. The van der Waals surface area contributed by atoms with Crippen molar-refractivity contribution in [3.8, 4) is 28.4 Å². The Bertz CT molecular complexity index is 1800.